The lowest BCUT2D eigenvalue weighted by atomic mass is 9.82. The van der Waals surface area contributed by atoms with E-state index in [-0.39, 0.29) is 30.9 Å². The quantitative estimate of drug-likeness (QED) is 0.286. The van der Waals surface area contributed by atoms with Gasteiger partial charge < -0.3 is 18.9 Å². The third kappa shape index (κ3) is 4.02. The lowest BCUT2D eigenvalue weighted by Gasteiger charge is -2.31. The molecule has 0 aliphatic carbocycles. The largest absolute Gasteiger partial charge is 0.394 e. The van der Waals surface area contributed by atoms with Crippen molar-refractivity contribution in [3.8, 4) is 0 Å². The van der Waals surface area contributed by atoms with Gasteiger partial charge >= 0.3 is 0 Å². The molecule has 5 atom stereocenters. The number of rotatable bonds is 5. The van der Waals surface area contributed by atoms with Crippen LogP contribution in [0.3, 0.4) is 0 Å². The van der Waals surface area contributed by atoms with Crippen molar-refractivity contribution in [2.45, 2.75) is 62.6 Å². The molecular weight excluding hydrogens is 590 g/mol. The number of hydrogen-bond acceptors (Lipinski definition) is 4. The van der Waals surface area contributed by atoms with Crippen molar-refractivity contribution >= 4 is 54.2 Å². The molecular formula is C27H32FIN2O4Si. The molecule has 2 aromatic rings. The fraction of sp³-hybridized carbons (Fsp3) is 0.481. The number of benzene rings is 2. The molecule has 1 N–H and O–H groups in total. The van der Waals surface area contributed by atoms with Crippen molar-refractivity contribution in [1.82, 2.24) is 4.90 Å². The Hall–Kier alpha value is -1.82. The van der Waals surface area contributed by atoms with Crippen molar-refractivity contribution in [1.29, 1.82) is 0 Å². The van der Waals surface area contributed by atoms with Gasteiger partial charge in [-0.25, -0.2) is 0 Å². The normalized spacial score (nSPS) is 29.9. The van der Waals surface area contributed by atoms with Crippen molar-refractivity contribution in [2.75, 3.05) is 18.1 Å². The standard InChI is InChI=1S/C27H32FIN2O4Si/c1-17-25(36(2,3)28)23(15-24(33)30-13-7-10-20(30)16-32)35-27(17)21-14-18(29)11-12-22(21)31(26(27)34)19-8-5-4-6-9-19/h4-6,8-9,11-12,14,17,20,23,25,32H,7,10,13,15-16H2,1-3H3/t17-,20-,23+,25-,27+/m0/s1. The van der Waals surface area contributed by atoms with E-state index in [1.165, 1.54) is 0 Å². The third-order valence-electron chi connectivity index (χ3n) is 8.13. The minimum atomic E-state index is -3.36. The maximum Gasteiger partial charge on any atom is 0.268 e. The molecule has 192 valence electrons. The number of nitrogens with zero attached hydrogens (tertiary/aromatic N) is 2. The fourth-order valence-electron chi connectivity index (χ4n) is 6.62. The van der Waals surface area contributed by atoms with Gasteiger partial charge in [0.15, 0.2) is 5.60 Å². The summed E-state index contributed by atoms with van der Waals surface area (Å²) in [5.41, 5.74) is 0.306. The zero-order valence-corrected chi connectivity index (χ0v) is 23.9. The monoisotopic (exact) mass is 622 g/mol. The van der Waals surface area contributed by atoms with Crippen LogP contribution in [-0.4, -0.2) is 55.5 Å². The molecule has 36 heavy (non-hydrogen) atoms. The van der Waals surface area contributed by atoms with Gasteiger partial charge in [0.2, 0.25) is 14.3 Å². The van der Waals surface area contributed by atoms with Crippen molar-refractivity contribution in [3.05, 3.63) is 57.7 Å². The zero-order chi connectivity index (χ0) is 25.8. The minimum absolute atomic E-state index is 0.00544. The number of hydrogen-bond donors (Lipinski definition) is 1. The van der Waals surface area contributed by atoms with E-state index in [0.717, 1.165) is 33.4 Å². The maximum atomic E-state index is 16.0. The molecule has 6 nitrogen and oxygen atoms in total. The van der Waals surface area contributed by atoms with Crippen LogP contribution in [0.2, 0.25) is 18.6 Å². The number of ether oxygens (including phenoxy) is 1. The summed E-state index contributed by atoms with van der Waals surface area (Å²) in [5, 5.41) is 9.72. The van der Waals surface area contributed by atoms with Gasteiger partial charge in [-0.1, -0.05) is 25.1 Å². The van der Waals surface area contributed by atoms with E-state index in [1.807, 2.05) is 55.5 Å². The molecule has 0 radical (unpaired) electrons. The summed E-state index contributed by atoms with van der Waals surface area (Å²) in [6, 6.07) is 15.1. The highest BCUT2D eigenvalue weighted by Crippen LogP contribution is 2.61. The highest BCUT2D eigenvalue weighted by atomic mass is 127. The molecule has 0 aromatic heterocycles. The van der Waals surface area contributed by atoms with Crippen LogP contribution in [0.5, 0.6) is 0 Å². The number of anilines is 2. The van der Waals surface area contributed by atoms with E-state index in [0.29, 0.717) is 6.54 Å². The van der Waals surface area contributed by atoms with E-state index >= 15 is 4.11 Å². The number of carbonyl (C=O) groups excluding carboxylic acids is 2. The van der Waals surface area contributed by atoms with Gasteiger partial charge in [0.1, 0.15) is 0 Å². The molecule has 3 heterocycles. The van der Waals surface area contributed by atoms with E-state index in [1.54, 1.807) is 22.9 Å². The number of aliphatic hydroxyl groups excluding tert-OH is 1. The minimum Gasteiger partial charge on any atom is -0.394 e. The molecule has 2 amide bonds. The lowest BCUT2D eigenvalue weighted by Crippen LogP contribution is -2.44. The van der Waals surface area contributed by atoms with E-state index < -0.39 is 31.6 Å². The first kappa shape index (κ1) is 25.8. The van der Waals surface area contributed by atoms with Gasteiger partial charge in [-0.05, 0) is 78.9 Å². The Kier molecular flexibility index (Phi) is 6.80. The summed E-state index contributed by atoms with van der Waals surface area (Å²) < 4.78 is 23.6. The van der Waals surface area contributed by atoms with Crippen LogP contribution in [0, 0.1) is 9.49 Å². The molecule has 0 bridgehead atoms. The molecule has 3 aliphatic heterocycles. The highest BCUT2D eigenvalue weighted by molar-refractivity contribution is 14.1. The number of aliphatic hydroxyl groups is 1. The van der Waals surface area contributed by atoms with Gasteiger partial charge in [-0.2, -0.15) is 0 Å². The van der Waals surface area contributed by atoms with Crippen LogP contribution in [0.1, 0.15) is 31.7 Å². The van der Waals surface area contributed by atoms with E-state index in [9.17, 15) is 14.7 Å². The third-order valence-corrected chi connectivity index (χ3v) is 11.3. The predicted molar refractivity (Wildman–Crippen MR) is 147 cm³/mol. The topological polar surface area (TPSA) is 70.1 Å². The summed E-state index contributed by atoms with van der Waals surface area (Å²) in [4.78, 5) is 31.1. The smallest absolute Gasteiger partial charge is 0.268 e. The summed E-state index contributed by atoms with van der Waals surface area (Å²) in [6.07, 6.45) is 0.888. The number of para-hydroxylation sites is 1. The lowest BCUT2D eigenvalue weighted by molar-refractivity contribution is -0.149. The highest BCUT2D eigenvalue weighted by Gasteiger charge is 2.67. The number of likely N-dealkylation sites (tertiary alicyclic amines) is 1. The molecule has 1 spiro atoms. The Morgan fingerprint density at radius 1 is 1.25 bits per heavy atom. The van der Waals surface area contributed by atoms with Gasteiger partial charge in [0.05, 0.1) is 30.9 Å². The Morgan fingerprint density at radius 3 is 2.64 bits per heavy atom. The first-order valence-electron chi connectivity index (χ1n) is 12.6. The molecule has 9 heteroatoms. The van der Waals surface area contributed by atoms with Crippen LogP contribution in [-0.2, 0) is 19.9 Å². The summed E-state index contributed by atoms with van der Waals surface area (Å²) in [5.74, 6) is -0.824. The second-order valence-electron chi connectivity index (χ2n) is 10.7. The van der Waals surface area contributed by atoms with Crippen molar-refractivity contribution in [2.24, 2.45) is 5.92 Å². The van der Waals surface area contributed by atoms with Crippen LogP contribution in [0.15, 0.2) is 48.5 Å². The van der Waals surface area contributed by atoms with Gasteiger partial charge in [0, 0.05) is 32.8 Å². The summed E-state index contributed by atoms with van der Waals surface area (Å²) in [6.45, 7) is 5.70. The molecule has 2 saturated heterocycles. The second-order valence-corrected chi connectivity index (χ2v) is 15.7. The summed E-state index contributed by atoms with van der Waals surface area (Å²) in [7, 11) is -3.36. The predicted octanol–water partition coefficient (Wildman–Crippen LogP) is 5.12. The van der Waals surface area contributed by atoms with Crippen LogP contribution >= 0.6 is 22.6 Å². The molecule has 3 aliphatic rings. The maximum absolute atomic E-state index is 16.0. The SMILES string of the molecule is C[C@H]1[C@H]([Si](C)(C)F)[C@@H](CC(=O)N2CCC[C@H]2CO)O[C@]12C(=O)N(c1ccccc1)c1ccc(I)cc12. The van der Waals surface area contributed by atoms with Crippen molar-refractivity contribution in [3.63, 3.8) is 0 Å². The van der Waals surface area contributed by atoms with Crippen LogP contribution in [0.25, 0.3) is 0 Å². The number of halogens is 2. The van der Waals surface area contributed by atoms with E-state index in [4.69, 9.17) is 4.74 Å². The van der Waals surface area contributed by atoms with Gasteiger partial charge in [-0.15, -0.1) is 0 Å². The van der Waals surface area contributed by atoms with E-state index in [2.05, 4.69) is 22.6 Å². The average Bonchev–Trinajstić information content (AvgIpc) is 3.49. The number of fused-ring (bicyclic) bond motifs is 2. The molecule has 2 fully saturated rings. The first-order valence-corrected chi connectivity index (χ1v) is 16.6. The average molecular weight is 623 g/mol. The molecule has 0 saturated carbocycles. The van der Waals surface area contributed by atoms with Gasteiger partial charge in [-0.3, -0.25) is 14.5 Å². The Balaban J connectivity index is 1.58. The number of amides is 2. The van der Waals surface area contributed by atoms with Crippen molar-refractivity contribution < 1.29 is 23.5 Å². The fourth-order valence-corrected chi connectivity index (χ4v) is 9.61. The summed E-state index contributed by atoms with van der Waals surface area (Å²) >= 11 is 2.22. The molecule has 5 rings (SSSR count). The Labute approximate surface area is 226 Å². The Morgan fingerprint density at radius 2 is 1.97 bits per heavy atom. The molecule has 2 aromatic carbocycles. The zero-order valence-electron chi connectivity index (χ0n) is 20.8. The van der Waals surface area contributed by atoms with Crippen LogP contribution < -0.4 is 4.90 Å². The molecule has 0 unspecified atom stereocenters. The Bertz CT molecular complexity index is 1180. The first-order chi connectivity index (χ1) is 17.1. The number of carbonyl (C=O) groups is 2. The van der Waals surface area contributed by atoms with Gasteiger partial charge in [0.25, 0.3) is 5.91 Å². The second kappa shape index (κ2) is 9.49. The van der Waals surface area contributed by atoms with Crippen LogP contribution in [0.4, 0.5) is 15.5 Å².